The fourth-order valence-corrected chi connectivity index (χ4v) is 2.36. The summed E-state index contributed by atoms with van der Waals surface area (Å²) in [6, 6.07) is 6.94. The lowest BCUT2D eigenvalue weighted by molar-refractivity contribution is 0.0546. The summed E-state index contributed by atoms with van der Waals surface area (Å²) in [5.74, 6) is 0.444. The number of ether oxygens (including phenoxy) is 1. The smallest absolute Gasteiger partial charge is 0.115 e. The van der Waals surface area contributed by atoms with Crippen LogP contribution in [0.1, 0.15) is 24.3 Å². The fraction of sp³-hybridized carbons (Fsp3) is 0.538. The first-order valence-corrected chi connectivity index (χ1v) is 5.74. The molecule has 2 rings (SSSR count). The molecule has 0 aliphatic carbocycles. The van der Waals surface area contributed by atoms with Gasteiger partial charge >= 0.3 is 0 Å². The number of hydrogen-bond donors (Lipinski definition) is 1. The van der Waals surface area contributed by atoms with E-state index in [4.69, 9.17) is 4.74 Å². The van der Waals surface area contributed by atoms with Gasteiger partial charge in [-0.25, -0.2) is 0 Å². The van der Waals surface area contributed by atoms with Crippen molar-refractivity contribution in [3.05, 3.63) is 29.8 Å². The maximum Gasteiger partial charge on any atom is 0.115 e. The zero-order valence-corrected chi connectivity index (χ0v) is 9.23. The van der Waals surface area contributed by atoms with Crippen molar-refractivity contribution in [3.63, 3.8) is 0 Å². The van der Waals surface area contributed by atoms with Crippen molar-refractivity contribution in [2.45, 2.75) is 18.8 Å². The standard InChI is InChI=1S/C13H17FO2/c14-9-13(10-4-6-16-7-5-10)11-2-1-3-12(15)8-11/h1-3,8,10,13,15H,4-7,9H2. The average Bonchev–Trinajstić information content (AvgIpc) is 2.31. The van der Waals surface area contributed by atoms with Gasteiger partial charge in [0.2, 0.25) is 0 Å². The molecule has 1 atom stereocenters. The number of phenols is 1. The van der Waals surface area contributed by atoms with Crippen LogP contribution in [0.3, 0.4) is 0 Å². The molecule has 0 aromatic heterocycles. The summed E-state index contributed by atoms with van der Waals surface area (Å²) in [6.45, 7) is 1.08. The molecule has 0 amide bonds. The number of hydrogen-bond acceptors (Lipinski definition) is 2. The number of benzene rings is 1. The lowest BCUT2D eigenvalue weighted by Crippen LogP contribution is -2.23. The van der Waals surface area contributed by atoms with Crippen LogP contribution in [0.5, 0.6) is 5.75 Å². The van der Waals surface area contributed by atoms with Crippen molar-refractivity contribution in [1.29, 1.82) is 0 Å². The van der Waals surface area contributed by atoms with Crippen molar-refractivity contribution in [2.24, 2.45) is 5.92 Å². The van der Waals surface area contributed by atoms with Gasteiger partial charge in [0.15, 0.2) is 0 Å². The normalized spacial score (nSPS) is 19.6. The van der Waals surface area contributed by atoms with Gasteiger partial charge in [-0.05, 0) is 36.5 Å². The molecule has 3 heteroatoms. The van der Waals surface area contributed by atoms with Crippen molar-refractivity contribution in [1.82, 2.24) is 0 Å². The topological polar surface area (TPSA) is 29.5 Å². The highest BCUT2D eigenvalue weighted by Gasteiger charge is 2.25. The van der Waals surface area contributed by atoms with Crippen LogP contribution in [0, 0.1) is 5.92 Å². The molecule has 1 aliphatic rings. The summed E-state index contributed by atoms with van der Waals surface area (Å²) in [6.07, 6.45) is 1.81. The van der Waals surface area contributed by atoms with E-state index in [2.05, 4.69) is 0 Å². The van der Waals surface area contributed by atoms with Crippen LogP contribution in [0.2, 0.25) is 0 Å². The Morgan fingerprint density at radius 3 is 2.75 bits per heavy atom. The molecule has 0 bridgehead atoms. The summed E-state index contributed by atoms with van der Waals surface area (Å²) in [4.78, 5) is 0. The zero-order valence-electron chi connectivity index (χ0n) is 9.23. The van der Waals surface area contributed by atoms with Gasteiger partial charge in [0.05, 0.1) is 6.67 Å². The van der Waals surface area contributed by atoms with Crippen molar-refractivity contribution in [2.75, 3.05) is 19.9 Å². The molecule has 1 unspecified atom stereocenters. The first-order chi connectivity index (χ1) is 7.81. The first kappa shape index (κ1) is 11.4. The molecule has 1 saturated heterocycles. The fourth-order valence-electron chi connectivity index (χ4n) is 2.36. The van der Waals surface area contributed by atoms with Gasteiger partial charge < -0.3 is 9.84 Å². The van der Waals surface area contributed by atoms with Crippen LogP contribution < -0.4 is 0 Å². The summed E-state index contributed by atoms with van der Waals surface area (Å²) in [7, 11) is 0. The molecule has 0 spiro atoms. The molecule has 1 heterocycles. The Balaban J connectivity index is 2.14. The Hall–Kier alpha value is -1.09. The molecule has 1 N–H and O–H groups in total. The van der Waals surface area contributed by atoms with Gasteiger partial charge in [0, 0.05) is 19.1 Å². The molecule has 2 nitrogen and oxygen atoms in total. The third-order valence-corrected chi connectivity index (χ3v) is 3.30. The molecule has 88 valence electrons. The van der Waals surface area contributed by atoms with E-state index in [1.807, 2.05) is 6.07 Å². The second kappa shape index (κ2) is 5.30. The van der Waals surface area contributed by atoms with E-state index >= 15 is 0 Å². The molecule has 1 fully saturated rings. The highest BCUT2D eigenvalue weighted by molar-refractivity contribution is 5.30. The highest BCUT2D eigenvalue weighted by atomic mass is 19.1. The minimum Gasteiger partial charge on any atom is -0.508 e. The van der Waals surface area contributed by atoms with Gasteiger partial charge in [-0.3, -0.25) is 4.39 Å². The summed E-state index contributed by atoms with van der Waals surface area (Å²) < 4.78 is 18.4. The third-order valence-electron chi connectivity index (χ3n) is 3.30. The van der Waals surface area contributed by atoms with E-state index < -0.39 is 0 Å². The monoisotopic (exact) mass is 224 g/mol. The Labute approximate surface area is 95.1 Å². The highest BCUT2D eigenvalue weighted by Crippen LogP contribution is 2.33. The van der Waals surface area contributed by atoms with Crippen LogP contribution >= 0.6 is 0 Å². The van der Waals surface area contributed by atoms with Gasteiger partial charge in [-0.2, -0.15) is 0 Å². The van der Waals surface area contributed by atoms with Crippen LogP contribution in [0.4, 0.5) is 4.39 Å². The van der Waals surface area contributed by atoms with E-state index in [1.54, 1.807) is 18.2 Å². The Morgan fingerprint density at radius 1 is 1.38 bits per heavy atom. The van der Waals surface area contributed by atoms with Gasteiger partial charge in [-0.1, -0.05) is 12.1 Å². The Kier molecular flexibility index (Phi) is 3.78. The van der Waals surface area contributed by atoms with Crippen LogP contribution in [-0.2, 0) is 4.74 Å². The van der Waals surface area contributed by atoms with E-state index in [1.165, 1.54) is 0 Å². The summed E-state index contributed by atoms with van der Waals surface area (Å²) in [5.41, 5.74) is 0.898. The second-order valence-electron chi connectivity index (χ2n) is 4.31. The van der Waals surface area contributed by atoms with E-state index in [-0.39, 0.29) is 18.3 Å². The van der Waals surface area contributed by atoms with Gasteiger partial charge in [0.25, 0.3) is 0 Å². The summed E-state index contributed by atoms with van der Waals surface area (Å²) in [5, 5.41) is 9.41. The lowest BCUT2D eigenvalue weighted by atomic mass is 9.82. The summed E-state index contributed by atoms with van der Waals surface area (Å²) >= 11 is 0. The minimum atomic E-state index is -0.367. The lowest BCUT2D eigenvalue weighted by Gasteiger charge is -2.28. The molecule has 0 radical (unpaired) electrons. The zero-order chi connectivity index (χ0) is 11.4. The van der Waals surface area contributed by atoms with Gasteiger partial charge in [0.1, 0.15) is 5.75 Å². The Morgan fingerprint density at radius 2 is 2.12 bits per heavy atom. The number of halogens is 1. The molecular formula is C13H17FO2. The molecule has 0 saturated carbocycles. The predicted octanol–water partition coefficient (Wildman–Crippen LogP) is 2.87. The largest absolute Gasteiger partial charge is 0.508 e. The van der Waals surface area contributed by atoms with E-state index in [0.717, 1.165) is 31.6 Å². The van der Waals surface area contributed by atoms with Crippen LogP contribution in [0.25, 0.3) is 0 Å². The maximum absolute atomic E-state index is 13.1. The molecule has 1 aromatic rings. The van der Waals surface area contributed by atoms with E-state index in [0.29, 0.717) is 5.92 Å². The number of aromatic hydroxyl groups is 1. The molecule has 1 aliphatic heterocycles. The van der Waals surface area contributed by atoms with Crippen molar-refractivity contribution in [3.8, 4) is 5.75 Å². The van der Waals surface area contributed by atoms with Crippen LogP contribution in [-0.4, -0.2) is 25.0 Å². The SMILES string of the molecule is Oc1cccc(C(CF)C2CCOCC2)c1. The van der Waals surface area contributed by atoms with E-state index in [9.17, 15) is 9.50 Å². The van der Waals surface area contributed by atoms with Crippen LogP contribution in [0.15, 0.2) is 24.3 Å². The number of alkyl halides is 1. The average molecular weight is 224 g/mol. The maximum atomic E-state index is 13.1. The molecule has 16 heavy (non-hydrogen) atoms. The number of phenolic OH excluding ortho intramolecular Hbond substituents is 1. The first-order valence-electron chi connectivity index (χ1n) is 5.74. The molecular weight excluding hydrogens is 207 g/mol. The predicted molar refractivity (Wildman–Crippen MR) is 60.4 cm³/mol. The quantitative estimate of drug-likeness (QED) is 0.855. The number of rotatable bonds is 3. The Bertz CT molecular complexity index is 334. The van der Waals surface area contributed by atoms with Crippen molar-refractivity contribution < 1.29 is 14.2 Å². The third kappa shape index (κ3) is 2.53. The minimum absolute atomic E-state index is 0.101. The molecule has 1 aromatic carbocycles. The van der Waals surface area contributed by atoms with Crippen molar-refractivity contribution >= 4 is 0 Å². The second-order valence-corrected chi connectivity index (χ2v) is 4.31. The van der Waals surface area contributed by atoms with Gasteiger partial charge in [-0.15, -0.1) is 0 Å².